The van der Waals surface area contributed by atoms with E-state index in [1.807, 2.05) is 31.2 Å². The van der Waals surface area contributed by atoms with Crippen LogP contribution in [0.25, 0.3) is 16.7 Å². The van der Waals surface area contributed by atoms with Gasteiger partial charge >= 0.3 is 0 Å². The van der Waals surface area contributed by atoms with Crippen molar-refractivity contribution in [2.24, 2.45) is 0 Å². The van der Waals surface area contributed by atoms with Crippen LogP contribution in [0.15, 0.2) is 48.9 Å². The molecule has 0 saturated heterocycles. The molecule has 4 aromatic rings. The summed E-state index contributed by atoms with van der Waals surface area (Å²) in [6.07, 6.45) is 3.36. The molecule has 0 radical (unpaired) electrons. The minimum Gasteiger partial charge on any atom is -0.292 e. The van der Waals surface area contributed by atoms with Crippen molar-refractivity contribution in [2.75, 3.05) is 0 Å². The Balaban J connectivity index is 1.97. The van der Waals surface area contributed by atoms with Crippen LogP contribution < -0.4 is 0 Å². The second-order valence-electron chi connectivity index (χ2n) is 5.24. The summed E-state index contributed by atoms with van der Waals surface area (Å²) in [6.45, 7) is 1.92. The van der Waals surface area contributed by atoms with Crippen LogP contribution in [-0.2, 0) is 6.42 Å². The Labute approximate surface area is 131 Å². The van der Waals surface area contributed by atoms with E-state index in [2.05, 4.69) is 9.97 Å². The highest BCUT2D eigenvalue weighted by atomic mass is 19.1. The highest BCUT2D eigenvalue weighted by Crippen LogP contribution is 2.19. The molecule has 6 heteroatoms. The van der Waals surface area contributed by atoms with E-state index in [0.29, 0.717) is 29.0 Å². The molecule has 0 bridgehead atoms. The maximum atomic E-state index is 13.6. The van der Waals surface area contributed by atoms with Crippen molar-refractivity contribution in [3.63, 3.8) is 0 Å². The SMILES string of the molecule is CCc1nc2ccc(F)cn2c1C(=O)n1cnc2ccccc21. The quantitative estimate of drug-likeness (QED) is 0.572. The van der Waals surface area contributed by atoms with Gasteiger partial charge in [-0.1, -0.05) is 19.1 Å². The number of nitrogens with zero attached hydrogens (tertiary/aromatic N) is 4. The monoisotopic (exact) mass is 308 g/mol. The standard InChI is InChI=1S/C17H13FN4O/c1-2-12-16(21-9-11(18)7-8-15(21)20-12)17(23)22-10-19-13-5-3-4-6-14(13)22/h3-10H,2H2,1H3. The van der Waals surface area contributed by atoms with Gasteiger partial charge in [0.25, 0.3) is 5.91 Å². The number of pyridine rings is 1. The van der Waals surface area contributed by atoms with Crippen molar-refractivity contribution in [3.05, 3.63) is 66.1 Å². The molecule has 0 spiro atoms. The summed E-state index contributed by atoms with van der Waals surface area (Å²) < 4.78 is 16.6. The molecule has 23 heavy (non-hydrogen) atoms. The molecule has 0 aliphatic carbocycles. The van der Waals surface area contributed by atoms with Crippen LogP contribution >= 0.6 is 0 Å². The number of carbonyl (C=O) groups is 1. The van der Waals surface area contributed by atoms with Gasteiger partial charge < -0.3 is 0 Å². The third-order valence-corrected chi connectivity index (χ3v) is 3.86. The Hall–Kier alpha value is -3.02. The molecule has 0 fully saturated rings. The second kappa shape index (κ2) is 5.01. The predicted octanol–water partition coefficient (Wildman–Crippen LogP) is 3.07. The Morgan fingerprint density at radius 3 is 2.87 bits per heavy atom. The van der Waals surface area contributed by atoms with Crippen molar-refractivity contribution >= 4 is 22.6 Å². The van der Waals surface area contributed by atoms with E-state index in [0.717, 1.165) is 5.52 Å². The van der Waals surface area contributed by atoms with Gasteiger partial charge in [-0.15, -0.1) is 0 Å². The Kier molecular flexibility index (Phi) is 2.97. The molecule has 0 aliphatic heterocycles. The van der Waals surface area contributed by atoms with Crippen LogP contribution in [0.1, 0.15) is 23.1 Å². The summed E-state index contributed by atoms with van der Waals surface area (Å²) in [4.78, 5) is 21.7. The summed E-state index contributed by atoms with van der Waals surface area (Å²) in [6, 6.07) is 10.3. The predicted molar refractivity (Wildman–Crippen MR) is 84.0 cm³/mol. The van der Waals surface area contributed by atoms with Gasteiger partial charge in [0.2, 0.25) is 0 Å². The molecule has 0 unspecified atom stereocenters. The van der Waals surface area contributed by atoms with Crippen molar-refractivity contribution in [1.82, 2.24) is 18.9 Å². The van der Waals surface area contributed by atoms with E-state index in [-0.39, 0.29) is 5.91 Å². The van der Waals surface area contributed by atoms with Crippen LogP contribution in [0, 0.1) is 5.82 Å². The highest BCUT2D eigenvalue weighted by molar-refractivity contribution is 6.01. The van der Waals surface area contributed by atoms with Crippen molar-refractivity contribution in [3.8, 4) is 0 Å². The number of halogens is 1. The average Bonchev–Trinajstić information content (AvgIpc) is 3.15. The smallest absolute Gasteiger partial charge is 0.282 e. The lowest BCUT2D eigenvalue weighted by Crippen LogP contribution is -2.15. The molecular weight excluding hydrogens is 295 g/mol. The molecular formula is C17H13FN4O. The Morgan fingerprint density at radius 1 is 1.22 bits per heavy atom. The fraction of sp³-hybridized carbons (Fsp3) is 0.118. The first-order valence-corrected chi connectivity index (χ1v) is 7.32. The number of hydrogen-bond donors (Lipinski definition) is 0. The molecule has 0 saturated carbocycles. The van der Waals surface area contributed by atoms with Crippen LogP contribution in [0.5, 0.6) is 0 Å². The van der Waals surface area contributed by atoms with E-state index in [4.69, 9.17) is 0 Å². The zero-order valence-electron chi connectivity index (χ0n) is 12.4. The van der Waals surface area contributed by atoms with Gasteiger partial charge in [0.1, 0.15) is 23.5 Å². The summed E-state index contributed by atoms with van der Waals surface area (Å²) in [5.41, 5.74) is 3.00. The zero-order valence-corrected chi connectivity index (χ0v) is 12.4. The first-order valence-electron chi connectivity index (χ1n) is 7.32. The number of hydrogen-bond acceptors (Lipinski definition) is 3. The first kappa shape index (κ1) is 13.6. The summed E-state index contributed by atoms with van der Waals surface area (Å²) in [5.74, 6) is -0.684. The lowest BCUT2D eigenvalue weighted by atomic mass is 10.2. The average molecular weight is 308 g/mol. The van der Waals surface area contributed by atoms with Crippen molar-refractivity contribution in [2.45, 2.75) is 13.3 Å². The molecule has 1 aromatic carbocycles. The zero-order chi connectivity index (χ0) is 16.0. The number of fused-ring (bicyclic) bond motifs is 2. The maximum Gasteiger partial charge on any atom is 0.282 e. The minimum absolute atomic E-state index is 0.270. The number of carbonyl (C=O) groups excluding carboxylic acids is 1. The second-order valence-corrected chi connectivity index (χ2v) is 5.24. The summed E-state index contributed by atoms with van der Waals surface area (Å²) >= 11 is 0. The minimum atomic E-state index is -0.415. The molecule has 0 N–H and O–H groups in total. The van der Waals surface area contributed by atoms with Crippen LogP contribution in [-0.4, -0.2) is 24.8 Å². The number of aryl methyl sites for hydroxylation is 1. The van der Waals surface area contributed by atoms with Gasteiger partial charge in [0.15, 0.2) is 0 Å². The first-order chi connectivity index (χ1) is 11.2. The van der Waals surface area contributed by atoms with E-state index >= 15 is 0 Å². The van der Waals surface area contributed by atoms with Gasteiger partial charge in [0, 0.05) is 6.20 Å². The fourth-order valence-electron chi connectivity index (χ4n) is 2.78. The number of rotatable bonds is 2. The molecule has 0 atom stereocenters. The molecule has 114 valence electrons. The van der Waals surface area contributed by atoms with Crippen LogP contribution in [0.2, 0.25) is 0 Å². The third kappa shape index (κ3) is 2.03. The van der Waals surface area contributed by atoms with Crippen molar-refractivity contribution in [1.29, 1.82) is 0 Å². The van der Waals surface area contributed by atoms with Gasteiger partial charge in [-0.25, -0.2) is 14.4 Å². The fourth-order valence-corrected chi connectivity index (χ4v) is 2.78. The normalized spacial score (nSPS) is 11.4. The largest absolute Gasteiger partial charge is 0.292 e. The molecule has 0 aliphatic rings. The molecule has 3 aromatic heterocycles. The number of para-hydroxylation sites is 2. The summed E-state index contributed by atoms with van der Waals surface area (Å²) in [7, 11) is 0. The molecule has 0 amide bonds. The number of imidazole rings is 2. The van der Waals surface area contributed by atoms with E-state index in [1.165, 1.54) is 27.6 Å². The van der Waals surface area contributed by atoms with Crippen LogP contribution in [0.3, 0.4) is 0 Å². The topological polar surface area (TPSA) is 52.2 Å². The number of benzene rings is 1. The molecule has 5 nitrogen and oxygen atoms in total. The van der Waals surface area contributed by atoms with E-state index in [1.54, 1.807) is 6.07 Å². The Morgan fingerprint density at radius 2 is 2.04 bits per heavy atom. The number of aromatic nitrogens is 4. The molecule has 3 heterocycles. The lowest BCUT2D eigenvalue weighted by Gasteiger charge is -2.05. The third-order valence-electron chi connectivity index (χ3n) is 3.86. The van der Waals surface area contributed by atoms with Crippen molar-refractivity contribution < 1.29 is 9.18 Å². The maximum absolute atomic E-state index is 13.6. The van der Waals surface area contributed by atoms with E-state index in [9.17, 15) is 9.18 Å². The highest BCUT2D eigenvalue weighted by Gasteiger charge is 2.21. The van der Waals surface area contributed by atoms with Gasteiger partial charge in [0.05, 0.1) is 16.7 Å². The van der Waals surface area contributed by atoms with Crippen LogP contribution in [0.4, 0.5) is 4.39 Å². The van der Waals surface area contributed by atoms with Gasteiger partial charge in [-0.05, 0) is 30.7 Å². The lowest BCUT2D eigenvalue weighted by molar-refractivity contribution is 0.0957. The van der Waals surface area contributed by atoms with E-state index < -0.39 is 5.82 Å². The summed E-state index contributed by atoms with van der Waals surface area (Å²) in [5, 5.41) is 0. The van der Waals surface area contributed by atoms with Gasteiger partial charge in [-0.2, -0.15) is 0 Å². The van der Waals surface area contributed by atoms with Gasteiger partial charge in [-0.3, -0.25) is 13.8 Å². The Bertz CT molecular complexity index is 1050. The molecule has 4 rings (SSSR count).